The van der Waals surface area contributed by atoms with E-state index in [2.05, 4.69) is 13.8 Å². The fourth-order valence-corrected chi connectivity index (χ4v) is 4.28. The van der Waals surface area contributed by atoms with Crippen LogP contribution in [0.2, 0.25) is 0 Å². The van der Waals surface area contributed by atoms with E-state index in [0.717, 1.165) is 16.7 Å². The van der Waals surface area contributed by atoms with Gasteiger partial charge in [-0.3, -0.25) is 14.5 Å². The lowest BCUT2D eigenvalue weighted by Crippen LogP contribution is -2.29. The molecule has 34 heavy (non-hydrogen) atoms. The number of aliphatic hydroxyl groups is 1. The summed E-state index contributed by atoms with van der Waals surface area (Å²) < 4.78 is 11.5. The van der Waals surface area contributed by atoms with Crippen molar-refractivity contribution in [1.82, 2.24) is 0 Å². The van der Waals surface area contributed by atoms with Crippen molar-refractivity contribution in [2.45, 2.75) is 40.7 Å². The number of ketones is 1. The highest BCUT2D eigenvalue weighted by atomic mass is 16.5. The average Bonchev–Trinajstić information content (AvgIpc) is 3.38. The monoisotopic (exact) mass is 459 g/mol. The molecule has 176 valence electrons. The molecule has 0 saturated carbocycles. The SMILES string of the molecule is Cc1cc(C)cc(N2C(=O)C(=O)/C(=C(\O)c3ccc(OCC(C)C)c(C)c3)C2c2ccco2)c1. The average molecular weight is 460 g/mol. The first kappa shape index (κ1) is 23.4. The molecule has 1 N–H and O–H groups in total. The van der Waals surface area contributed by atoms with Crippen molar-refractivity contribution in [3.63, 3.8) is 0 Å². The van der Waals surface area contributed by atoms with Crippen molar-refractivity contribution in [2.75, 3.05) is 11.5 Å². The minimum absolute atomic E-state index is 0.00522. The molecule has 1 aliphatic rings. The Hall–Kier alpha value is -3.80. The van der Waals surface area contributed by atoms with Crippen molar-refractivity contribution in [3.8, 4) is 5.75 Å². The first-order valence-electron chi connectivity index (χ1n) is 11.3. The normalized spacial score (nSPS) is 17.6. The molecule has 0 radical (unpaired) electrons. The summed E-state index contributed by atoms with van der Waals surface area (Å²) in [6.45, 7) is 10.5. The highest BCUT2D eigenvalue weighted by Gasteiger charge is 2.48. The number of Topliss-reactive ketones (excluding diaryl/α,β-unsaturated/α-hetero) is 1. The number of rotatable bonds is 6. The molecule has 1 aliphatic heterocycles. The molecule has 1 aromatic heterocycles. The van der Waals surface area contributed by atoms with Crippen LogP contribution in [0.3, 0.4) is 0 Å². The molecular formula is C28H29NO5. The number of carbonyl (C=O) groups is 2. The van der Waals surface area contributed by atoms with E-state index in [9.17, 15) is 14.7 Å². The fourth-order valence-electron chi connectivity index (χ4n) is 4.28. The quantitative estimate of drug-likeness (QED) is 0.283. The number of anilines is 1. The molecule has 0 bridgehead atoms. The maximum atomic E-state index is 13.2. The molecule has 2 aromatic carbocycles. The van der Waals surface area contributed by atoms with Crippen LogP contribution in [-0.4, -0.2) is 23.4 Å². The summed E-state index contributed by atoms with van der Waals surface area (Å²) in [5.74, 6) is -0.221. The largest absolute Gasteiger partial charge is 0.507 e. The summed E-state index contributed by atoms with van der Waals surface area (Å²) in [5, 5.41) is 11.3. The lowest BCUT2D eigenvalue weighted by Gasteiger charge is -2.24. The summed E-state index contributed by atoms with van der Waals surface area (Å²) in [6, 6.07) is 13.4. The molecule has 0 aliphatic carbocycles. The molecular weight excluding hydrogens is 430 g/mol. The number of aryl methyl sites for hydroxylation is 3. The topological polar surface area (TPSA) is 80.0 Å². The molecule has 1 saturated heterocycles. The van der Waals surface area contributed by atoms with E-state index >= 15 is 0 Å². The molecule has 1 fully saturated rings. The van der Waals surface area contributed by atoms with Crippen LogP contribution in [0.15, 0.2) is 64.8 Å². The Morgan fingerprint density at radius 2 is 1.76 bits per heavy atom. The van der Waals surface area contributed by atoms with Gasteiger partial charge < -0.3 is 14.3 Å². The van der Waals surface area contributed by atoms with Crippen LogP contribution < -0.4 is 9.64 Å². The number of hydrogen-bond acceptors (Lipinski definition) is 5. The van der Waals surface area contributed by atoms with E-state index in [4.69, 9.17) is 9.15 Å². The number of benzene rings is 2. The number of hydrogen-bond donors (Lipinski definition) is 1. The molecule has 1 unspecified atom stereocenters. The highest BCUT2D eigenvalue weighted by Crippen LogP contribution is 2.43. The summed E-state index contributed by atoms with van der Waals surface area (Å²) >= 11 is 0. The van der Waals surface area contributed by atoms with Crippen LogP contribution in [0.25, 0.3) is 5.76 Å². The number of nitrogens with zero attached hydrogens (tertiary/aromatic N) is 1. The predicted molar refractivity (Wildman–Crippen MR) is 131 cm³/mol. The lowest BCUT2D eigenvalue weighted by atomic mass is 9.98. The van der Waals surface area contributed by atoms with Gasteiger partial charge in [-0.25, -0.2) is 0 Å². The molecule has 1 amide bonds. The van der Waals surface area contributed by atoms with Gasteiger partial charge in [-0.1, -0.05) is 19.9 Å². The van der Waals surface area contributed by atoms with E-state index in [1.54, 1.807) is 30.3 Å². The number of amides is 1. The number of furan rings is 1. The van der Waals surface area contributed by atoms with Gasteiger partial charge in [0.05, 0.1) is 18.4 Å². The van der Waals surface area contributed by atoms with Crippen molar-refractivity contribution in [1.29, 1.82) is 0 Å². The third-order valence-electron chi connectivity index (χ3n) is 5.76. The van der Waals surface area contributed by atoms with Gasteiger partial charge in [-0.2, -0.15) is 0 Å². The van der Waals surface area contributed by atoms with Crippen LogP contribution in [-0.2, 0) is 9.59 Å². The van der Waals surface area contributed by atoms with Gasteiger partial charge in [-0.15, -0.1) is 0 Å². The first-order chi connectivity index (χ1) is 16.2. The zero-order valence-corrected chi connectivity index (χ0v) is 20.1. The van der Waals surface area contributed by atoms with Gasteiger partial charge in [0.2, 0.25) is 0 Å². The third kappa shape index (κ3) is 4.36. The molecule has 2 heterocycles. The minimum Gasteiger partial charge on any atom is -0.507 e. The van der Waals surface area contributed by atoms with Crippen molar-refractivity contribution < 1.29 is 23.8 Å². The standard InChI is InChI=1S/C28H29NO5/c1-16(2)15-34-22-9-8-20(14-19(22)5)26(30)24-25(23-7-6-10-33-23)29(28(32)27(24)31)21-12-17(3)11-18(4)13-21/h6-14,16,25,30H,15H2,1-5H3/b26-24-. The lowest BCUT2D eigenvalue weighted by molar-refractivity contribution is -0.132. The second-order valence-corrected chi connectivity index (χ2v) is 9.22. The number of ether oxygens (including phenoxy) is 1. The van der Waals surface area contributed by atoms with Crippen LogP contribution in [0.5, 0.6) is 5.75 Å². The molecule has 3 aromatic rings. The van der Waals surface area contributed by atoms with Crippen LogP contribution in [0, 0.1) is 26.7 Å². The van der Waals surface area contributed by atoms with Crippen LogP contribution in [0.4, 0.5) is 5.69 Å². The van der Waals surface area contributed by atoms with Gasteiger partial charge in [0.1, 0.15) is 23.3 Å². The Bertz CT molecular complexity index is 1250. The summed E-state index contributed by atoms with van der Waals surface area (Å²) in [5.41, 5.74) is 3.75. The zero-order valence-electron chi connectivity index (χ0n) is 20.1. The van der Waals surface area contributed by atoms with Gasteiger partial charge in [0.25, 0.3) is 11.7 Å². The predicted octanol–water partition coefficient (Wildman–Crippen LogP) is 5.87. The Morgan fingerprint density at radius 3 is 2.35 bits per heavy atom. The summed E-state index contributed by atoms with van der Waals surface area (Å²) in [7, 11) is 0. The second-order valence-electron chi connectivity index (χ2n) is 9.22. The molecule has 0 spiro atoms. The van der Waals surface area contributed by atoms with Crippen molar-refractivity contribution >= 4 is 23.1 Å². The van der Waals surface area contributed by atoms with E-state index in [1.165, 1.54) is 11.2 Å². The smallest absolute Gasteiger partial charge is 0.300 e. The third-order valence-corrected chi connectivity index (χ3v) is 5.76. The summed E-state index contributed by atoms with van der Waals surface area (Å²) in [4.78, 5) is 27.9. The van der Waals surface area contributed by atoms with Crippen molar-refractivity contribution in [3.05, 3.63) is 88.4 Å². The van der Waals surface area contributed by atoms with Gasteiger partial charge in [-0.05, 0) is 85.8 Å². The Kier molecular flexibility index (Phi) is 6.33. The molecule has 6 nitrogen and oxygen atoms in total. The van der Waals surface area contributed by atoms with Gasteiger partial charge >= 0.3 is 0 Å². The maximum absolute atomic E-state index is 13.2. The van der Waals surface area contributed by atoms with E-state index in [1.807, 2.05) is 39.0 Å². The van der Waals surface area contributed by atoms with Gasteiger partial charge in [0, 0.05) is 11.3 Å². The first-order valence-corrected chi connectivity index (χ1v) is 11.3. The maximum Gasteiger partial charge on any atom is 0.300 e. The Balaban J connectivity index is 1.83. The number of aliphatic hydroxyl groups excluding tert-OH is 1. The second kappa shape index (κ2) is 9.21. The van der Waals surface area contributed by atoms with E-state index in [0.29, 0.717) is 35.3 Å². The van der Waals surface area contributed by atoms with Gasteiger partial charge in [0.15, 0.2) is 0 Å². The minimum atomic E-state index is -0.881. The van der Waals surface area contributed by atoms with Crippen molar-refractivity contribution in [2.24, 2.45) is 5.92 Å². The highest BCUT2D eigenvalue weighted by molar-refractivity contribution is 6.51. The summed E-state index contributed by atoms with van der Waals surface area (Å²) in [6.07, 6.45) is 1.49. The Labute approximate surface area is 199 Å². The molecule has 1 atom stereocenters. The number of carbonyl (C=O) groups excluding carboxylic acids is 2. The zero-order chi connectivity index (χ0) is 24.6. The van der Waals surface area contributed by atoms with Crippen LogP contribution in [0.1, 0.15) is 47.9 Å². The fraction of sp³-hybridized carbons (Fsp3) is 0.286. The molecule has 6 heteroatoms. The Morgan fingerprint density at radius 1 is 1.06 bits per heavy atom. The molecule has 4 rings (SSSR count). The van der Waals surface area contributed by atoms with E-state index in [-0.39, 0.29) is 11.3 Å². The van der Waals surface area contributed by atoms with Crippen LogP contribution >= 0.6 is 0 Å². The van der Waals surface area contributed by atoms with E-state index < -0.39 is 17.7 Å².